The molecule has 1 aliphatic heterocycles. The maximum absolute atomic E-state index is 12.0. The molecule has 1 amide bonds. The highest BCUT2D eigenvalue weighted by atomic mass is 16.4. The maximum atomic E-state index is 12.0. The highest BCUT2D eigenvalue weighted by Gasteiger charge is 2.33. The van der Waals surface area contributed by atoms with E-state index < -0.39 is 12.0 Å². The number of nitrogens with one attached hydrogen (secondary N) is 1. The van der Waals surface area contributed by atoms with Crippen molar-refractivity contribution in [2.45, 2.75) is 33.2 Å². The van der Waals surface area contributed by atoms with Crippen molar-refractivity contribution in [3.05, 3.63) is 0 Å². The van der Waals surface area contributed by atoms with Crippen LogP contribution < -0.4 is 5.32 Å². The number of carbonyl (C=O) groups is 2. The largest absolute Gasteiger partial charge is 0.480 e. The molecular weight excluding hydrogens is 208 g/mol. The Labute approximate surface area is 95.8 Å². The molecule has 0 aromatic heterocycles. The topological polar surface area (TPSA) is 69.6 Å². The van der Waals surface area contributed by atoms with Crippen molar-refractivity contribution >= 4 is 11.9 Å². The number of rotatable bonds is 2. The average Bonchev–Trinajstić information content (AvgIpc) is 2.15. The summed E-state index contributed by atoms with van der Waals surface area (Å²) in [5.74, 6) is -1.00. The molecule has 1 unspecified atom stereocenters. The van der Waals surface area contributed by atoms with Crippen LogP contribution in [0.3, 0.4) is 0 Å². The van der Waals surface area contributed by atoms with Crippen molar-refractivity contribution in [1.82, 2.24) is 10.2 Å². The SMILES string of the molecule is CC(C)(C)CC(=O)N1CCNCC1C(=O)O. The highest BCUT2D eigenvalue weighted by Crippen LogP contribution is 2.21. The normalized spacial score (nSPS) is 21.9. The van der Waals surface area contributed by atoms with E-state index in [9.17, 15) is 9.59 Å². The highest BCUT2D eigenvalue weighted by molar-refractivity contribution is 5.84. The van der Waals surface area contributed by atoms with E-state index in [1.807, 2.05) is 20.8 Å². The first-order chi connectivity index (χ1) is 7.31. The van der Waals surface area contributed by atoms with Gasteiger partial charge in [-0.3, -0.25) is 4.79 Å². The summed E-state index contributed by atoms with van der Waals surface area (Å²) < 4.78 is 0. The van der Waals surface area contributed by atoms with Gasteiger partial charge in [-0.25, -0.2) is 4.79 Å². The number of hydrogen-bond acceptors (Lipinski definition) is 3. The predicted octanol–water partition coefficient (Wildman–Crippen LogP) is 0.308. The van der Waals surface area contributed by atoms with E-state index in [-0.39, 0.29) is 11.3 Å². The monoisotopic (exact) mass is 228 g/mol. The minimum absolute atomic E-state index is 0.0681. The fraction of sp³-hybridized carbons (Fsp3) is 0.818. The fourth-order valence-corrected chi connectivity index (χ4v) is 1.78. The molecule has 1 atom stereocenters. The quantitative estimate of drug-likeness (QED) is 0.713. The Morgan fingerprint density at radius 3 is 2.56 bits per heavy atom. The second-order valence-corrected chi connectivity index (χ2v) is 5.38. The van der Waals surface area contributed by atoms with Gasteiger partial charge in [0.1, 0.15) is 6.04 Å². The number of hydrogen-bond donors (Lipinski definition) is 2. The van der Waals surface area contributed by atoms with Gasteiger partial charge in [0.15, 0.2) is 0 Å². The summed E-state index contributed by atoms with van der Waals surface area (Å²) in [6.07, 6.45) is 0.386. The number of carboxylic acid groups (broad SMARTS) is 1. The average molecular weight is 228 g/mol. The van der Waals surface area contributed by atoms with Gasteiger partial charge in [-0.15, -0.1) is 0 Å². The summed E-state index contributed by atoms with van der Waals surface area (Å²) in [7, 11) is 0. The summed E-state index contributed by atoms with van der Waals surface area (Å²) in [6, 6.07) is -0.719. The summed E-state index contributed by atoms with van der Waals surface area (Å²) in [5.41, 5.74) is -0.106. The van der Waals surface area contributed by atoms with Crippen LogP contribution in [0.5, 0.6) is 0 Å². The zero-order chi connectivity index (χ0) is 12.3. The van der Waals surface area contributed by atoms with Gasteiger partial charge in [0, 0.05) is 26.1 Å². The van der Waals surface area contributed by atoms with Crippen LogP contribution in [-0.4, -0.2) is 47.6 Å². The van der Waals surface area contributed by atoms with Crippen molar-refractivity contribution in [3.8, 4) is 0 Å². The zero-order valence-electron chi connectivity index (χ0n) is 10.1. The van der Waals surface area contributed by atoms with Crippen molar-refractivity contribution < 1.29 is 14.7 Å². The Hall–Kier alpha value is -1.10. The third kappa shape index (κ3) is 3.48. The lowest BCUT2D eigenvalue weighted by molar-refractivity contribution is -0.152. The number of carbonyl (C=O) groups excluding carboxylic acids is 1. The molecule has 16 heavy (non-hydrogen) atoms. The van der Waals surface area contributed by atoms with Crippen molar-refractivity contribution in [3.63, 3.8) is 0 Å². The smallest absolute Gasteiger partial charge is 0.327 e. The van der Waals surface area contributed by atoms with E-state index in [0.717, 1.165) is 0 Å². The van der Waals surface area contributed by atoms with Crippen molar-refractivity contribution in [2.24, 2.45) is 5.41 Å². The Morgan fingerprint density at radius 2 is 2.06 bits per heavy atom. The first kappa shape index (κ1) is 13.0. The Kier molecular flexibility index (Phi) is 3.91. The second kappa shape index (κ2) is 4.82. The second-order valence-electron chi connectivity index (χ2n) is 5.38. The molecule has 1 heterocycles. The van der Waals surface area contributed by atoms with Gasteiger partial charge in [-0.05, 0) is 5.41 Å². The number of carboxylic acids is 1. The molecule has 0 bridgehead atoms. The zero-order valence-corrected chi connectivity index (χ0v) is 10.1. The lowest BCUT2D eigenvalue weighted by Crippen LogP contribution is -2.57. The molecule has 5 heteroatoms. The van der Waals surface area contributed by atoms with E-state index in [1.54, 1.807) is 0 Å². The molecule has 5 nitrogen and oxygen atoms in total. The molecule has 1 rings (SSSR count). The molecular formula is C11H20N2O3. The van der Waals surface area contributed by atoms with E-state index >= 15 is 0 Å². The van der Waals surface area contributed by atoms with Gasteiger partial charge in [0.2, 0.25) is 5.91 Å². The molecule has 92 valence electrons. The Balaban J connectivity index is 2.68. The number of nitrogens with zero attached hydrogens (tertiary/aromatic N) is 1. The Bertz CT molecular complexity index is 283. The lowest BCUT2D eigenvalue weighted by atomic mass is 9.91. The van der Waals surface area contributed by atoms with Crippen molar-refractivity contribution in [2.75, 3.05) is 19.6 Å². The molecule has 0 aromatic rings. The standard InChI is InChI=1S/C11H20N2O3/c1-11(2,3)6-9(14)13-5-4-12-7-8(13)10(15)16/h8,12H,4-7H2,1-3H3,(H,15,16). The summed E-state index contributed by atoms with van der Waals surface area (Å²) in [4.78, 5) is 24.4. The van der Waals surface area contributed by atoms with Gasteiger partial charge < -0.3 is 15.3 Å². The van der Waals surface area contributed by atoms with Crippen LogP contribution in [0.1, 0.15) is 27.2 Å². The maximum Gasteiger partial charge on any atom is 0.327 e. The fourth-order valence-electron chi connectivity index (χ4n) is 1.78. The van der Waals surface area contributed by atoms with Crippen LogP contribution in [0.15, 0.2) is 0 Å². The molecule has 1 fully saturated rings. The predicted molar refractivity (Wildman–Crippen MR) is 60.1 cm³/mol. The lowest BCUT2D eigenvalue weighted by Gasteiger charge is -2.35. The number of piperazine rings is 1. The van der Waals surface area contributed by atoms with Crippen LogP contribution in [-0.2, 0) is 9.59 Å². The summed E-state index contributed by atoms with van der Waals surface area (Å²) in [6.45, 7) is 7.41. The Morgan fingerprint density at radius 1 is 1.44 bits per heavy atom. The van der Waals surface area contributed by atoms with Gasteiger partial charge in [-0.2, -0.15) is 0 Å². The minimum Gasteiger partial charge on any atom is -0.480 e. The molecule has 1 saturated heterocycles. The molecule has 1 aliphatic rings. The first-order valence-electron chi connectivity index (χ1n) is 5.54. The molecule has 0 aliphatic carbocycles. The van der Waals surface area contributed by atoms with Crippen LogP contribution >= 0.6 is 0 Å². The van der Waals surface area contributed by atoms with Crippen LogP contribution in [0.25, 0.3) is 0 Å². The first-order valence-corrected chi connectivity index (χ1v) is 5.54. The summed E-state index contributed by atoms with van der Waals surface area (Å²) >= 11 is 0. The van der Waals surface area contributed by atoms with E-state index in [4.69, 9.17) is 5.11 Å². The van der Waals surface area contributed by atoms with Gasteiger partial charge in [-0.1, -0.05) is 20.8 Å². The van der Waals surface area contributed by atoms with Gasteiger partial charge >= 0.3 is 5.97 Å². The van der Waals surface area contributed by atoms with Gasteiger partial charge in [0.25, 0.3) is 0 Å². The molecule has 0 radical (unpaired) electrons. The van der Waals surface area contributed by atoms with Gasteiger partial charge in [0.05, 0.1) is 0 Å². The molecule has 0 spiro atoms. The van der Waals surface area contributed by atoms with Crippen LogP contribution in [0, 0.1) is 5.41 Å². The third-order valence-electron chi connectivity index (χ3n) is 2.53. The number of amides is 1. The van der Waals surface area contributed by atoms with Crippen LogP contribution in [0.4, 0.5) is 0 Å². The molecule has 0 aromatic carbocycles. The minimum atomic E-state index is -0.936. The van der Waals surface area contributed by atoms with E-state index in [0.29, 0.717) is 26.1 Å². The summed E-state index contributed by atoms with van der Waals surface area (Å²) in [5, 5.41) is 12.0. The number of aliphatic carboxylic acids is 1. The molecule has 2 N–H and O–H groups in total. The molecule has 0 saturated carbocycles. The van der Waals surface area contributed by atoms with Crippen LogP contribution in [0.2, 0.25) is 0 Å². The van der Waals surface area contributed by atoms with E-state index in [1.165, 1.54) is 4.90 Å². The van der Waals surface area contributed by atoms with Crippen molar-refractivity contribution in [1.29, 1.82) is 0 Å². The van der Waals surface area contributed by atoms with E-state index in [2.05, 4.69) is 5.32 Å². The third-order valence-corrected chi connectivity index (χ3v) is 2.53.